The second-order valence-electron chi connectivity index (χ2n) is 5.29. The number of allylic oxidation sites excluding steroid dienone is 2. The largest absolute Gasteiger partial charge is 0.338 e. The Morgan fingerprint density at radius 1 is 1.42 bits per heavy atom. The second-order valence-corrected chi connectivity index (χ2v) is 5.29. The lowest BCUT2D eigenvalue weighted by atomic mass is 9.89. The Hall–Kier alpha value is -1.84. The maximum atomic E-state index is 12.3. The molecule has 1 N–H and O–H groups in total. The molecule has 4 nitrogen and oxygen atoms in total. The first-order valence-corrected chi connectivity index (χ1v) is 6.92. The Morgan fingerprint density at radius 3 is 3.05 bits per heavy atom. The van der Waals surface area contributed by atoms with Crippen LogP contribution in [0.2, 0.25) is 0 Å². The predicted molar refractivity (Wildman–Crippen MR) is 71.6 cm³/mol. The minimum atomic E-state index is -0.156. The maximum absolute atomic E-state index is 12.3. The van der Waals surface area contributed by atoms with Crippen molar-refractivity contribution in [2.24, 2.45) is 0 Å². The molecule has 4 heteroatoms. The average molecular weight is 258 g/mol. The van der Waals surface area contributed by atoms with Crippen LogP contribution in [0.3, 0.4) is 0 Å². The predicted octanol–water partition coefficient (Wildman–Crippen LogP) is 2.29. The van der Waals surface area contributed by atoms with Crippen LogP contribution in [0.5, 0.6) is 0 Å². The molecular weight excluding hydrogens is 240 g/mol. The molecule has 0 bridgehead atoms. The van der Waals surface area contributed by atoms with Crippen LogP contribution in [0.4, 0.5) is 0 Å². The van der Waals surface area contributed by atoms with E-state index in [0.717, 1.165) is 30.7 Å². The summed E-state index contributed by atoms with van der Waals surface area (Å²) in [5.41, 5.74) is 1.93. The summed E-state index contributed by atoms with van der Waals surface area (Å²) in [7, 11) is 0. The topological polar surface area (TPSA) is 51.1 Å². The van der Waals surface area contributed by atoms with E-state index in [1.165, 1.54) is 0 Å². The van der Waals surface area contributed by atoms with Crippen molar-refractivity contribution < 1.29 is 9.59 Å². The fourth-order valence-corrected chi connectivity index (χ4v) is 3.10. The number of carbonyl (C=O) groups is 2. The van der Waals surface area contributed by atoms with E-state index in [1.54, 1.807) is 6.08 Å². The van der Waals surface area contributed by atoms with Crippen molar-refractivity contribution in [1.82, 2.24) is 9.88 Å². The van der Waals surface area contributed by atoms with Crippen LogP contribution in [0.25, 0.3) is 0 Å². The van der Waals surface area contributed by atoms with Gasteiger partial charge < -0.3 is 9.88 Å². The van der Waals surface area contributed by atoms with Crippen LogP contribution in [0.15, 0.2) is 30.1 Å². The molecule has 0 saturated carbocycles. The van der Waals surface area contributed by atoms with E-state index >= 15 is 0 Å². The van der Waals surface area contributed by atoms with Crippen LogP contribution in [-0.4, -0.2) is 16.3 Å². The second kappa shape index (κ2) is 4.68. The molecule has 0 saturated heterocycles. The standard InChI is InChI=1S/C15H18N2O2/c1-2-4-14-15(19)16-12-9-10(18)6-7-11(12)13-5-3-8-17(13)14/h3,5,8-9,11,14H,2,4,6-7H2,1H3,(H,16,19). The number of carbonyl (C=O) groups excluding carboxylic acids is 2. The normalized spacial score (nSPS) is 26.1. The highest BCUT2D eigenvalue weighted by Gasteiger charge is 2.34. The van der Waals surface area contributed by atoms with E-state index in [9.17, 15) is 9.59 Å². The number of hydrogen-bond donors (Lipinski definition) is 1. The molecule has 2 aliphatic rings. The minimum absolute atomic E-state index is 0.00255. The third-order valence-electron chi connectivity index (χ3n) is 4.01. The molecule has 1 aromatic rings. The summed E-state index contributed by atoms with van der Waals surface area (Å²) in [5.74, 6) is 0.264. The monoisotopic (exact) mass is 258 g/mol. The smallest absolute Gasteiger partial charge is 0.247 e. The number of nitrogens with one attached hydrogen (secondary N) is 1. The molecule has 0 fully saturated rings. The van der Waals surface area contributed by atoms with Gasteiger partial charge in [-0.05, 0) is 25.0 Å². The van der Waals surface area contributed by atoms with Gasteiger partial charge in [-0.15, -0.1) is 0 Å². The first kappa shape index (κ1) is 12.2. The van der Waals surface area contributed by atoms with Gasteiger partial charge >= 0.3 is 0 Å². The number of ketones is 1. The van der Waals surface area contributed by atoms with Gasteiger partial charge in [0.05, 0.1) is 0 Å². The summed E-state index contributed by atoms with van der Waals surface area (Å²) >= 11 is 0. The SMILES string of the molecule is CCCC1C(=O)NC2=CC(=O)CCC2c2cccn21. The van der Waals surface area contributed by atoms with Crippen LogP contribution in [0.1, 0.15) is 50.3 Å². The first-order valence-electron chi connectivity index (χ1n) is 6.92. The molecule has 0 aromatic carbocycles. The van der Waals surface area contributed by atoms with Crippen molar-refractivity contribution in [3.63, 3.8) is 0 Å². The number of amides is 1. The van der Waals surface area contributed by atoms with Gasteiger partial charge in [0.2, 0.25) is 5.91 Å². The Balaban J connectivity index is 2.08. The van der Waals surface area contributed by atoms with Crippen LogP contribution in [-0.2, 0) is 9.59 Å². The highest BCUT2D eigenvalue weighted by molar-refractivity contribution is 5.93. The number of fused-ring (bicyclic) bond motifs is 3. The number of nitrogens with zero attached hydrogens (tertiary/aromatic N) is 1. The van der Waals surface area contributed by atoms with E-state index in [4.69, 9.17) is 0 Å². The molecule has 0 radical (unpaired) electrons. The highest BCUT2D eigenvalue weighted by Crippen LogP contribution is 2.36. The molecule has 3 rings (SSSR count). The average Bonchev–Trinajstić information content (AvgIpc) is 2.81. The summed E-state index contributed by atoms with van der Waals surface area (Å²) in [5, 5.41) is 2.96. The highest BCUT2D eigenvalue weighted by atomic mass is 16.2. The molecule has 2 unspecified atom stereocenters. The molecule has 1 amide bonds. The zero-order valence-corrected chi connectivity index (χ0v) is 11.1. The lowest BCUT2D eigenvalue weighted by molar-refractivity contribution is -0.123. The molecular formula is C15H18N2O2. The summed E-state index contributed by atoms with van der Waals surface area (Å²) in [4.78, 5) is 23.9. The van der Waals surface area contributed by atoms with Gasteiger partial charge in [-0.2, -0.15) is 0 Å². The molecule has 1 aliphatic heterocycles. The van der Waals surface area contributed by atoms with E-state index in [2.05, 4.69) is 22.9 Å². The van der Waals surface area contributed by atoms with Crippen molar-refractivity contribution in [3.05, 3.63) is 35.8 Å². The van der Waals surface area contributed by atoms with E-state index < -0.39 is 0 Å². The van der Waals surface area contributed by atoms with Crippen molar-refractivity contribution in [2.75, 3.05) is 0 Å². The number of rotatable bonds is 2. The van der Waals surface area contributed by atoms with Gasteiger partial charge in [0, 0.05) is 36.0 Å². The molecule has 1 aromatic heterocycles. The van der Waals surface area contributed by atoms with Crippen LogP contribution >= 0.6 is 0 Å². The lowest BCUT2D eigenvalue weighted by Gasteiger charge is -2.22. The van der Waals surface area contributed by atoms with Gasteiger partial charge in [0.15, 0.2) is 5.78 Å². The number of hydrogen-bond acceptors (Lipinski definition) is 2. The van der Waals surface area contributed by atoms with Gasteiger partial charge in [0.1, 0.15) is 6.04 Å². The fourth-order valence-electron chi connectivity index (χ4n) is 3.10. The van der Waals surface area contributed by atoms with Gasteiger partial charge in [-0.3, -0.25) is 9.59 Å². The van der Waals surface area contributed by atoms with E-state index in [0.29, 0.717) is 6.42 Å². The van der Waals surface area contributed by atoms with Crippen LogP contribution in [0, 0.1) is 0 Å². The van der Waals surface area contributed by atoms with Gasteiger partial charge in [0.25, 0.3) is 0 Å². The Bertz CT molecular complexity index is 556. The van der Waals surface area contributed by atoms with Crippen molar-refractivity contribution >= 4 is 11.7 Å². The fraction of sp³-hybridized carbons (Fsp3) is 0.467. The molecule has 19 heavy (non-hydrogen) atoms. The third-order valence-corrected chi connectivity index (χ3v) is 4.01. The molecule has 100 valence electrons. The van der Waals surface area contributed by atoms with Gasteiger partial charge in [-0.25, -0.2) is 0 Å². The van der Waals surface area contributed by atoms with Crippen molar-refractivity contribution in [1.29, 1.82) is 0 Å². The molecule has 2 atom stereocenters. The zero-order valence-electron chi connectivity index (χ0n) is 11.1. The lowest BCUT2D eigenvalue weighted by Crippen LogP contribution is -2.31. The Labute approximate surface area is 112 Å². The molecule has 0 spiro atoms. The minimum Gasteiger partial charge on any atom is -0.338 e. The third kappa shape index (κ3) is 2.01. The Kier molecular flexibility index (Phi) is 3.01. The zero-order chi connectivity index (χ0) is 13.4. The first-order chi connectivity index (χ1) is 9.20. The summed E-state index contributed by atoms with van der Waals surface area (Å²) in [6.45, 7) is 2.08. The number of aromatic nitrogens is 1. The van der Waals surface area contributed by atoms with E-state index in [1.807, 2.05) is 12.3 Å². The van der Waals surface area contributed by atoms with E-state index in [-0.39, 0.29) is 23.7 Å². The van der Waals surface area contributed by atoms with Gasteiger partial charge in [-0.1, -0.05) is 13.3 Å². The quantitative estimate of drug-likeness (QED) is 0.884. The summed E-state index contributed by atoms with van der Waals surface area (Å²) in [6, 6.07) is 3.90. The maximum Gasteiger partial charge on any atom is 0.247 e. The summed E-state index contributed by atoms with van der Waals surface area (Å²) in [6.07, 6.45) is 6.72. The summed E-state index contributed by atoms with van der Waals surface area (Å²) < 4.78 is 2.08. The van der Waals surface area contributed by atoms with Crippen molar-refractivity contribution in [2.45, 2.75) is 44.6 Å². The van der Waals surface area contributed by atoms with Crippen molar-refractivity contribution in [3.8, 4) is 0 Å². The Morgan fingerprint density at radius 2 is 2.26 bits per heavy atom. The molecule has 1 aliphatic carbocycles. The molecule has 2 heterocycles. The van der Waals surface area contributed by atoms with Crippen LogP contribution < -0.4 is 5.32 Å².